The fourth-order valence-electron chi connectivity index (χ4n) is 2.39. The fourth-order valence-corrected chi connectivity index (χ4v) is 2.84. The zero-order chi connectivity index (χ0) is 17.6. The van der Waals surface area contributed by atoms with Crippen LogP contribution in [0.2, 0.25) is 5.02 Å². The molecule has 0 unspecified atom stereocenters. The number of hydrogen-bond acceptors (Lipinski definition) is 3. The Labute approximate surface area is 148 Å². The van der Waals surface area contributed by atoms with Gasteiger partial charge in [-0.1, -0.05) is 39.3 Å². The minimum Gasteiger partial charge on any atom is -0.462 e. The zero-order valence-corrected chi connectivity index (χ0v) is 15.8. The van der Waals surface area contributed by atoms with Crippen LogP contribution in [-0.2, 0) is 4.74 Å². The monoisotopic (exact) mass is 356 g/mol. The van der Waals surface area contributed by atoms with Crippen LogP contribution >= 0.6 is 23.8 Å². The van der Waals surface area contributed by atoms with Crippen LogP contribution in [0, 0.1) is 11.8 Å². The van der Waals surface area contributed by atoms with Crippen molar-refractivity contribution in [2.45, 2.75) is 40.7 Å². The molecule has 0 atom stereocenters. The van der Waals surface area contributed by atoms with Crippen LogP contribution in [0.3, 0.4) is 0 Å². The first kappa shape index (κ1) is 19.7. The molecule has 0 amide bonds. The first-order chi connectivity index (χ1) is 10.8. The minimum absolute atomic E-state index is 0.270. The van der Waals surface area contributed by atoms with Crippen LogP contribution in [0.15, 0.2) is 18.2 Å². The van der Waals surface area contributed by atoms with Crippen molar-refractivity contribution in [1.82, 2.24) is 5.32 Å². The van der Waals surface area contributed by atoms with Gasteiger partial charge in [-0.25, -0.2) is 4.79 Å². The van der Waals surface area contributed by atoms with E-state index >= 15 is 0 Å². The molecule has 4 nitrogen and oxygen atoms in total. The van der Waals surface area contributed by atoms with Gasteiger partial charge in [0.2, 0.25) is 0 Å². The lowest BCUT2D eigenvalue weighted by Crippen LogP contribution is -2.44. The van der Waals surface area contributed by atoms with Crippen molar-refractivity contribution >= 4 is 40.6 Å². The summed E-state index contributed by atoms with van der Waals surface area (Å²) in [5.41, 5.74) is 1.02. The van der Waals surface area contributed by atoms with Gasteiger partial charge in [0.25, 0.3) is 0 Å². The van der Waals surface area contributed by atoms with E-state index in [1.54, 1.807) is 25.1 Å². The summed E-state index contributed by atoms with van der Waals surface area (Å²) >= 11 is 11.4. The quantitative estimate of drug-likeness (QED) is 0.581. The molecule has 23 heavy (non-hydrogen) atoms. The molecule has 0 bridgehead atoms. The Morgan fingerprint density at radius 1 is 1.26 bits per heavy atom. The lowest BCUT2D eigenvalue weighted by molar-refractivity contribution is 0.0526. The lowest BCUT2D eigenvalue weighted by Gasteiger charge is -2.27. The second-order valence-electron chi connectivity index (χ2n) is 6.03. The molecular formula is C17H25ClN2O2S. The van der Waals surface area contributed by atoms with E-state index in [-0.39, 0.29) is 6.04 Å². The van der Waals surface area contributed by atoms with E-state index in [0.29, 0.717) is 39.8 Å². The Balaban J connectivity index is 2.82. The highest BCUT2D eigenvalue weighted by atomic mass is 35.5. The maximum Gasteiger partial charge on any atom is 0.339 e. The van der Waals surface area contributed by atoms with Crippen molar-refractivity contribution in [3.05, 3.63) is 28.8 Å². The maximum absolute atomic E-state index is 11.9. The van der Waals surface area contributed by atoms with E-state index in [9.17, 15) is 4.79 Å². The fraction of sp³-hybridized carbons (Fsp3) is 0.529. The average Bonchev–Trinajstić information content (AvgIpc) is 2.46. The molecule has 6 heteroatoms. The molecule has 0 fully saturated rings. The van der Waals surface area contributed by atoms with E-state index in [1.165, 1.54) is 0 Å². The van der Waals surface area contributed by atoms with Gasteiger partial charge >= 0.3 is 5.97 Å². The van der Waals surface area contributed by atoms with E-state index in [2.05, 4.69) is 38.3 Å². The number of carbonyl (C=O) groups is 1. The molecule has 0 saturated heterocycles. The van der Waals surface area contributed by atoms with Crippen molar-refractivity contribution in [2.75, 3.05) is 11.9 Å². The summed E-state index contributed by atoms with van der Waals surface area (Å²) in [5, 5.41) is 7.30. The molecule has 0 spiro atoms. The highest BCUT2D eigenvalue weighted by molar-refractivity contribution is 7.80. The van der Waals surface area contributed by atoms with Crippen molar-refractivity contribution in [3.63, 3.8) is 0 Å². The number of esters is 1. The number of halogens is 1. The Morgan fingerprint density at radius 3 is 2.39 bits per heavy atom. The smallest absolute Gasteiger partial charge is 0.339 e. The van der Waals surface area contributed by atoms with Crippen LogP contribution in [-0.4, -0.2) is 23.7 Å². The number of benzene rings is 1. The third kappa shape index (κ3) is 5.99. The van der Waals surface area contributed by atoms with E-state index in [4.69, 9.17) is 28.6 Å². The Hall–Kier alpha value is -1.33. The molecule has 0 saturated carbocycles. The van der Waals surface area contributed by atoms with Gasteiger partial charge in [0.05, 0.1) is 17.2 Å². The molecule has 1 aromatic rings. The van der Waals surface area contributed by atoms with Crippen molar-refractivity contribution in [2.24, 2.45) is 11.8 Å². The number of thiocarbonyl (C=S) groups is 1. The largest absolute Gasteiger partial charge is 0.462 e. The summed E-state index contributed by atoms with van der Waals surface area (Å²) in [7, 11) is 0. The van der Waals surface area contributed by atoms with Crippen LogP contribution in [0.1, 0.15) is 45.0 Å². The van der Waals surface area contributed by atoms with Crippen molar-refractivity contribution in [3.8, 4) is 0 Å². The van der Waals surface area contributed by atoms with Crippen molar-refractivity contribution < 1.29 is 9.53 Å². The number of rotatable bonds is 6. The Bertz CT molecular complexity index is 554. The van der Waals surface area contributed by atoms with Crippen LogP contribution in [0.4, 0.5) is 5.69 Å². The summed E-state index contributed by atoms with van der Waals surface area (Å²) in [6.45, 7) is 10.7. The van der Waals surface area contributed by atoms with Gasteiger partial charge < -0.3 is 15.4 Å². The van der Waals surface area contributed by atoms with Crippen LogP contribution < -0.4 is 10.6 Å². The molecule has 0 aromatic heterocycles. The standard InChI is InChI=1S/C17H25ClN2O2S/c1-6-22-16(21)13-9-12(7-8-14(13)18)19-17(23)20-15(10(2)3)11(4)5/h7-11,15H,6H2,1-5H3,(H2,19,20,23). The van der Waals surface area contributed by atoms with Crippen molar-refractivity contribution in [1.29, 1.82) is 0 Å². The highest BCUT2D eigenvalue weighted by Gasteiger charge is 2.18. The normalized spacial score (nSPS) is 11.0. The number of anilines is 1. The predicted octanol–water partition coefficient (Wildman–Crippen LogP) is 4.48. The van der Waals surface area contributed by atoms with Gasteiger partial charge in [-0.15, -0.1) is 0 Å². The van der Waals surface area contributed by atoms with E-state index in [0.717, 1.165) is 0 Å². The third-order valence-corrected chi connectivity index (χ3v) is 4.00. The van der Waals surface area contributed by atoms with Crippen LogP contribution in [0.25, 0.3) is 0 Å². The summed E-state index contributed by atoms with van der Waals surface area (Å²) in [6, 6.07) is 5.35. The second kappa shape index (κ2) is 9.08. The highest BCUT2D eigenvalue weighted by Crippen LogP contribution is 2.22. The molecule has 1 rings (SSSR count). The maximum atomic E-state index is 11.9. The predicted molar refractivity (Wildman–Crippen MR) is 100 cm³/mol. The first-order valence-electron chi connectivity index (χ1n) is 7.80. The second-order valence-corrected chi connectivity index (χ2v) is 6.84. The van der Waals surface area contributed by atoms with Gasteiger partial charge in [-0.2, -0.15) is 0 Å². The minimum atomic E-state index is -0.442. The Kier molecular flexibility index (Phi) is 7.79. The van der Waals surface area contributed by atoms with Gasteiger partial charge in [-0.3, -0.25) is 0 Å². The van der Waals surface area contributed by atoms with Crippen LogP contribution in [0.5, 0.6) is 0 Å². The lowest BCUT2D eigenvalue weighted by atomic mass is 9.93. The molecule has 128 valence electrons. The first-order valence-corrected chi connectivity index (χ1v) is 8.59. The molecular weight excluding hydrogens is 332 g/mol. The van der Waals surface area contributed by atoms with Gasteiger partial charge in [0.15, 0.2) is 5.11 Å². The van der Waals surface area contributed by atoms with Gasteiger partial charge in [0.1, 0.15) is 0 Å². The molecule has 2 N–H and O–H groups in total. The summed E-state index contributed by atoms with van der Waals surface area (Å²) in [5.74, 6) is 0.465. The molecule has 0 aliphatic heterocycles. The summed E-state index contributed by atoms with van der Waals surface area (Å²) < 4.78 is 5.00. The van der Waals surface area contributed by atoms with Gasteiger partial charge in [-0.05, 0) is 49.2 Å². The number of nitrogens with one attached hydrogen (secondary N) is 2. The topological polar surface area (TPSA) is 50.4 Å². The number of carbonyl (C=O) groups excluding carboxylic acids is 1. The number of hydrogen-bond donors (Lipinski definition) is 2. The number of ether oxygens (including phenoxy) is 1. The van der Waals surface area contributed by atoms with Gasteiger partial charge in [0, 0.05) is 11.7 Å². The molecule has 0 heterocycles. The van der Waals surface area contributed by atoms with E-state index < -0.39 is 5.97 Å². The van der Waals surface area contributed by atoms with E-state index in [1.807, 2.05) is 0 Å². The summed E-state index contributed by atoms with van der Waals surface area (Å²) in [6.07, 6.45) is 0. The average molecular weight is 357 g/mol. The molecule has 1 aromatic carbocycles. The Morgan fingerprint density at radius 2 is 1.87 bits per heavy atom. The molecule has 0 aliphatic rings. The molecule has 0 radical (unpaired) electrons. The SMILES string of the molecule is CCOC(=O)c1cc(NC(=S)NC(C(C)C)C(C)C)ccc1Cl. The third-order valence-electron chi connectivity index (χ3n) is 3.45. The summed E-state index contributed by atoms with van der Waals surface area (Å²) in [4.78, 5) is 11.9. The molecule has 0 aliphatic carbocycles. The zero-order valence-electron chi connectivity index (χ0n) is 14.3.